The molecule has 27 heavy (non-hydrogen) atoms. The van der Waals surface area contributed by atoms with E-state index in [0.29, 0.717) is 6.42 Å². The summed E-state index contributed by atoms with van der Waals surface area (Å²) < 4.78 is 0. The van der Waals surface area contributed by atoms with Crippen LogP contribution in [0.25, 0.3) is 22.2 Å². The highest BCUT2D eigenvalue weighted by molar-refractivity contribution is 5.85. The average molecular weight is 361 g/mol. The predicted octanol–water partition coefficient (Wildman–Crippen LogP) is 5.27. The molecule has 0 saturated heterocycles. The number of ketones is 1. The van der Waals surface area contributed by atoms with Gasteiger partial charge in [-0.15, -0.1) is 0 Å². The van der Waals surface area contributed by atoms with E-state index in [0.717, 1.165) is 35.4 Å². The van der Waals surface area contributed by atoms with E-state index in [4.69, 9.17) is 4.98 Å². The van der Waals surface area contributed by atoms with Gasteiger partial charge in [0.05, 0.1) is 11.2 Å². The highest BCUT2D eigenvalue weighted by Gasteiger charge is 2.10. The van der Waals surface area contributed by atoms with Gasteiger partial charge in [0, 0.05) is 23.9 Å². The zero-order valence-electron chi connectivity index (χ0n) is 16.5. The Morgan fingerprint density at radius 2 is 1.81 bits per heavy atom. The van der Waals surface area contributed by atoms with Crippen molar-refractivity contribution in [2.24, 2.45) is 0 Å². The van der Waals surface area contributed by atoms with Gasteiger partial charge in [0.25, 0.3) is 0 Å². The van der Waals surface area contributed by atoms with Crippen molar-refractivity contribution < 1.29 is 4.79 Å². The fourth-order valence-electron chi connectivity index (χ4n) is 3.40. The highest BCUT2D eigenvalue weighted by atomic mass is 16.1. The van der Waals surface area contributed by atoms with Gasteiger partial charge in [-0.2, -0.15) is 0 Å². The molecule has 0 saturated carbocycles. The summed E-state index contributed by atoms with van der Waals surface area (Å²) in [4.78, 5) is 18.6. The van der Waals surface area contributed by atoms with Crippen molar-refractivity contribution in [3.05, 3.63) is 65.7 Å². The number of aromatic nitrogens is 1. The number of unbranched alkanes of at least 4 members (excludes halogenated alkanes) is 1. The molecule has 1 heterocycles. The van der Waals surface area contributed by atoms with Gasteiger partial charge in [-0.25, -0.2) is 4.98 Å². The lowest BCUT2D eigenvalue weighted by molar-refractivity contribution is -0.116. The predicted molar refractivity (Wildman–Crippen MR) is 113 cm³/mol. The van der Waals surface area contributed by atoms with E-state index in [1.807, 2.05) is 18.2 Å². The number of para-hydroxylation sites is 1. The van der Waals surface area contributed by atoms with Gasteiger partial charge >= 0.3 is 0 Å². The van der Waals surface area contributed by atoms with Gasteiger partial charge in [0.2, 0.25) is 0 Å². The molecule has 0 unspecified atom stereocenters. The van der Waals surface area contributed by atoms with Gasteiger partial charge < -0.3 is 4.90 Å². The molecule has 0 atom stereocenters. The van der Waals surface area contributed by atoms with E-state index < -0.39 is 0 Å². The largest absolute Gasteiger partial charge is 0.302 e. The van der Waals surface area contributed by atoms with E-state index in [2.05, 4.69) is 55.3 Å². The van der Waals surface area contributed by atoms with Crippen LogP contribution in [0.2, 0.25) is 0 Å². The number of hydrogen-bond donors (Lipinski definition) is 0. The van der Waals surface area contributed by atoms with Crippen LogP contribution in [0.15, 0.2) is 54.6 Å². The topological polar surface area (TPSA) is 33.2 Å². The fraction of sp³-hybridized carbons (Fsp3) is 0.333. The Morgan fingerprint density at radius 1 is 1.07 bits per heavy atom. The third-order valence-electron chi connectivity index (χ3n) is 4.84. The fourth-order valence-corrected chi connectivity index (χ4v) is 3.40. The van der Waals surface area contributed by atoms with Gasteiger partial charge in [0.1, 0.15) is 5.78 Å². The molecule has 3 aromatic rings. The van der Waals surface area contributed by atoms with Crippen LogP contribution in [0, 0.1) is 0 Å². The van der Waals surface area contributed by atoms with E-state index in [1.165, 1.54) is 23.8 Å². The number of hydrogen-bond acceptors (Lipinski definition) is 3. The van der Waals surface area contributed by atoms with Crippen LogP contribution in [0.1, 0.15) is 37.8 Å². The van der Waals surface area contributed by atoms with Gasteiger partial charge in [-0.1, -0.05) is 55.8 Å². The van der Waals surface area contributed by atoms with Crippen LogP contribution in [0.3, 0.4) is 0 Å². The van der Waals surface area contributed by atoms with Crippen molar-refractivity contribution in [3.63, 3.8) is 0 Å². The Hall–Kier alpha value is -2.52. The number of Topliss-reactive ketones (excluding diaryl/α,β-unsaturated/α-hetero) is 1. The summed E-state index contributed by atoms with van der Waals surface area (Å²) in [5.41, 5.74) is 5.46. The number of rotatable bonds is 8. The number of carbonyl (C=O) groups is 1. The summed E-state index contributed by atoms with van der Waals surface area (Å²) in [6.45, 7) is 5.87. The van der Waals surface area contributed by atoms with Crippen LogP contribution < -0.4 is 0 Å². The first kappa shape index (κ1) is 19.2. The summed E-state index contributed by atoms with van der Waals surface area (Å²) in [6.07, 6.45) is 2.90. The third-order valence-corrected chi connectivity index (χ3v) is 4.84. The first-order valence-electron chi connectivity index (χ1n) is 9.72. The maximum atomic E-state index is 11.3. The summed E-state index contributed by atoms with van der Waals surface area (Å²) >= 11 is 0. The molecule has 0 amide bonds. The monoisotopic (exact) mass is 360 g/mol. The normalized spacial score (nSPS) is 11.3. The molecule has 0 aliphatic heterocycles. The molecule has 2 aromatic carbocycles. The van der Waals surface area contributed by atoms with Crippen LogP contribution in [0.5, 0.6) is 0 Å². The van der Waals surface area contributed by atoms with E-state index in [-0.39, 0.29) is 5.78 Å². The molecule has 3 heteroatoms. The second-order valence-corrected chi connectivity index (χ2v) is 7.35. The van der Waals surface area contributed by atoms with Crippen molar-refractivity contribution >= 4 is 16.7 Å². The van der Waals surface area contributed by atoms with Crippen molar-refractivity contribution in [2.75, 3.05) is 13.6 Å². The Morgan fingerprint density at radius 3 is 2.52 bits per heavy atom. The summed E-state index contributed by atoms with van der Waals surface area (Å²) in [7, 11) is 2.18. The lowest BCUT2D eigenvalue weighted by atomic mass is 10.0. The Bertz CT molecular complexity index is 915. The summed E-state index contributed by atoms with van der Waals surface area (Å²) in [5, 5.41) is 1.22. The Kier molecular flexibility index (Phi) is 6.36. The molecule has 1 aromatic heterocycles. The van der Waals surface area contributed by atoms with E-state index >= 15 is 0 Å². The number of pyridine rings is 1. The minimum Gasteiger partial charge on any atom is -0.302 e. The second-order valence-electron chi connectivity index (χ2n) is 7.35. The maximum Gasteiger partial charge on any atom is 0.134 e. The van der Waals surface area contributed by atoms with Crippen LogP contribution in [-0.2, 0) is 17.8 Å². The first-order chi connectivity index (χ1) is 13.1. The first-order valence-corrected chi connectivity index (χ1v) is 9.72. The zero-order chi connectivity index (χ0) is 19.2. The molecule has 0 aliphatic carbocycles. The van der Waals surface area contributed by atoms with Crippen LogP contribution >= 0.6 is 0 Å². The minimum absolute atomic E-state index is 0.184. The lowest BCUT2D eigenvalue weighted by Gasteiger charge is -2.18. The molecule has 140 valence electrons. The molecule has 3 rings (SSSR count). The van der Waals surface area contributed by atoms with Crippen molar-refractivity contribution in [1.82, 2.24) is 9.88 Å². The highest BCUT2D eigenvalue weighted by Crippen LogP contribution is 2.26. The standard InChI is InChI=1S/C24H28N2O/c1-4-5-14-26(3)17-21-16-24(25-23-9-7-6-8-22(21)23)20-12-10-19(11-13-20)15-18(2)27/h6-13,16H,4-5,14-15,17H2,1-3H3. The summed E-state index contributed by atoms with van der Waals surface area (Å²) in [5.74, 6) is 0.184. The molecule has 0 aliphatic rings. The van der Waals surface area contributed by atoms with Crippen LogP contribution in [0.4, 0.5) is 0 Å². The quantitative estimate of drug-likeness (QED) is 0.549. The number of carbonyl (C=O) groups excluding carboxylic acids is 1. The molecule has 0 N–H and O–H groups in total. The number of benzene rings is 2. The van der Waals surface area contributed by atoms with Crippen molar-refractivity contribution in [1.29, 1.82) is 0 Å². The van der Waals surface area contributed by atoms with Gasteiger partial charge in [0.15, 0.2) is 0 Å². The Balaban J connectivity index is 1.95. The molecule has 0 bridgehead atoms. The molecular weight excluding hydrogens is 332 g/mol. The lowest BCUT2D eigenvalue weighted by Crippen LogP contribution is -2.19. The molecule has 0 fully saturated rings. The summed E-state index contributed by atoms with van der Waals surface area (Å²) in [6, 6.07) is 18.8. The maximum absolute atomic E-state index is 11.3. The van der Waals surface area contributed by atoms with E-state index in [9.17, 15) is 4.79 Å². The van der Waals surface area contributed by atoms with Gasteiger partial charge in [-0.05, 0) is 50.2 Å². The van der Waals surface area contributed by atoms with Gasteiger partial charge in [-0.3, -0.25) is 4.79 Å². The average Bonchev–Trinajstić information content (AvgIpc) is 2.66. The molecular formula is C24H28N2O. The smallest absolute Gasteiger partial charge is 0.134 e. The van der Waals surface area contributed by atoms with Crippen molar-refractivity contribution in [2.45, 2.75) is 39.7 Å². The Labute approximate surface area is 162 Å². The molecule has 3 nitrogen and oxygen atoms in total. The number of nitrogens with zero attached hydrogens (tertiary/aromatic N) is 2. The molecule has 0 spiro atoms. The number of fused-ring (bicyclic) bond motifs is 1. The minimum atomic E-state index is 0.184. The van der Waals surface area contributed by atoms with Crippen LogP contribution in [-0.4, -0.2) is 29.3 Å². The molecule has 0 radical (unpaired) electrons. The second kappa shape index (κ2) is 8.92. The SMILES string of the molecule is CCCCN(C)Cc1cc(-c2ccc(CC(C)=O)cc2)nc2ccccc12. The zero-order valence-corrected chi connectivity index (χ0v) is 16.5. The van der Waals surface area contributed by atoms with Crippen molar-refractivity contribution in [3.8, 4) is 11.3 Å². The van der Waals surface area contributed by atoms with E-state index in [1.54, 1.807) is 6.92 Å². The third kappa shape index (κ3) is 5.01.